The molecule has 0 spiro atoms. The Kier molecular flexibility index (Phi) is 7.17. The molecule has 0 bridgehead atoms. The maximum absolute atomic E-state index is 13.2. The molecule has 6 heteroatoms. The molecule has 28 heavy (non-hydrogen) atoms. The lowest BCUT2D eigenvalue weighted by Crippen LogP contribution is -2.40. The highest BCUT2D eigenvalue weighted by Gasteiger charge is 2.34. The molecule has 1 aliphatic heterocycles. The molecule has 0 aromatic heterocycles. The van der Waals surface area contributed by atoms with Crippen molar-refractivity contribution in [1.29, 1.82) is 0 Å². The predicted molar refractivity (Wildman–Crippen MR) is 110 cm³/mol. The van der Waals surface area contributed by atoms with Gasteiger partial charge in [-0.1, -0.05) is 48.5 Å². The van der Waals surface area contributed by atoms with Crippen LogP contribution in [0.1, 0.15) is 18.0 Å². The summed E-state index contributed by atoms with van der Waals surface area (Å²) in [6, 6.07) is 20.2. The van der Waals surface area contributed by atoms with E-state index in [2.05, 4.69) is 12.1 Å². The van der Waals surface area contributed by atoms with E-state index >= 15 is 0 Å². The van der Waals surface area contributed by atoms with E-state index in [1.807, 2.05) is 53.5 Å². The third-order valence-corrected chi connectivity index (χ3v) is 4.78. The largest absolute Gasteiger partial charge is 0.383 e. The van der Waals surface area contributed by atoms with E-state index in [4.69, 9.17) is 14.6 Å². The van der Waals surface area contributed by atoms with Crippen molar-refractivity contribution >= 4 is 17.3 Å². The standard InChI is InChI=1S/C22H27N3O3/c1-27-15-13-24(14-16-28-2)22(26)20-17-21(18-9-5-3-6-10-18)25(23-20)19-11-7-4-8-12-19/h3-12,21H,13-17H2,1-2H3/t21-/m1/s1. The molecule has 2 aromatic rings. The van der Waals surface area contributed by atoms with Crippen molar-refractivity contribution in [3.63, 3.8) is 0 Å². The number of anilines is 1. The first-order valence-electron chi connectivity index (χ1n) is 9.48. The highest BCUT2D eigenvalue weighted by atomic mass is 16.5. The summed E-state index contributed by atoms with van der Waals surface area (Å²) in [4.78, 5) is 14.9. The maximum Gasteiger partial charge on any atom is 0.270 e. The van der Waals surface area contributed by atoms with Crippen LogP contribution in [0.5, 0.6) is 0 Å². The van der Waals surface area contributed by atoms with Crippen LogP contribution in [-0.2, 0) is 14.3 Å². The molecule has 0 unspecified atom stereocenters. The lowest BCUT2D eigenvalue weighted by molar-refractivity contribution is -0.125. The Bertz CT molecular complexity index is 772. The molecule has 0 saturated carbocycles. The Morgan fingerprint density at radius 2 is 1.57 bits per heavy atom. The second-order valence-electron chi connectivity index (χ2n) is 6.64. The molecule has 6 nitrogen and oxygen atoms in total. The van der Waals surface area contributed by atoms with E-state index in [1.54, 1.807) is 19.1 Å². The van der Waals surface area contributed by atoms with Crippen LogP contribution in [-0.4, -0.2) is 57.0 Å². The molecule has 3 rings (SSSR count). The second-order valence-corrected chi connectivity index (χ2v) is 6.64. The molecule has 148 valence electrons. The monoisotopic (exact) mass is 381 g/mol. The fourth-order valence-electron chi connectivity index (χ4n) is 3.29. The van der Waals surface area contributed by atoms with Gasteiger partial charge in [0.15, 0.2) is 0 Å². The van der Waals surface area contributed by atoms with Crippen LogP contribution in [0.3, 0.4) is 0 Å². The quantitative estimate of drug-likeness (QED) is 0.670. The Hall–Kier alpha value is -2.70. The van der Waals surface area contributed by atoms with E-state index in [0.29, 0.717) is 38.4 Å². The van der Waals surface area contributed by atoms with Gasteiger partial charge in [0.1, 0.15) is 5.71 Å². The topological polar surface area (TPSA) is 54.4 Å². The van der Waals surface area contributed by atoms with Gasteiger partial charge in [-0.2, -0.15) is 5.10 Å². The molecule has 0 radical (unpaired) electrons. The van der Waals surface area contributed by atoms with Gasteiger partial charge in [-0.25, -0.2) is 0 Å². The van der Waals surface area contributed by atoms with Crippen LogP contribution in [0.25, 0.3) is 0 Å². The number of hydrogen-bond donors (Lipinski definition) is 0. The first-order chi connectivity index (χ1) is 13.7. The molecule has 0 aliphatic carbocycles. The smallest absolute Gasteiger partial charge is 0.270 e. The first kappa shape index (κ1) is 20.0. The minimum atomic E-state index is -0.0616. The van der Waals surface area contributed by atoms with Crippen LogP contribution in [0.2, 0.25) is 0 Å². The molecule has 2 aromatic carbocycles. The zero-order chi connectivity index (χ0) is 19.8. The first-order valence-corrected chi connectivity index (χ1v) is 9.48. The van der Waals surface area contributed by atoms with E-state index in [9.17, 15) is 4.79 Å². The normalized spacial score (nSPS) is 16.1. The average Bonchev–Trinajstić information content (AvgIpc) is 3.20. The van der Waals surface area contributed by atoms with Gasteiger partial charge in [0, 0.05) is 33.7 Å². The molecule has 0 saturated heterocycles. The van der Waals surface area contributed by atoms with E-state index < -0.39 is 0 Å². The summed E-state index contributed by atoms with van der Waals surface area (Å²) in [6.07, 6.45) is 0.564. The lowest BCUT2D eigenvalue weighted by Gasteiger charge is -2.23. The number of hydrogen-bond acceptors (Lipinski definition) is 5. The lowest BCUT2D eigenvalue weighted by atomic mass is 10.0. The fraction of sp³-hybridized carbons (Fsp3) is 0.364. The minimum absolute atomic E-state index is 0.00532. The van der Waals surface area contributed by atoms with Crippen molar-refractivity contribution in [2.75, 3.05) is 45.5 Å². The Labute approximate surface area is 166 Å². The van der Waals surface area contributed by atoms with Crippen molar-refractivity contribution < 1.29 is 14.3 Å². The van der Waals surface area contributed by atoms with Crippen LogP contribution in [0, 0.1) is 0 Å². The zero-order valence-corrected chi connectivity index (χ0v) is 16.5. The van der Waals surface area contributed by atoms with E-state index in [-0.39, 0.29) is 11.9 Å². The molecule has 1 heterocycles. The van der Waals surface area contributed by atoms with Crippen LogP contribution in [0.4, 0.5) is 5.69 Å². The third-order valence-electron chi connectivity index (χ3n) is 4.78. The van der Waals surface area contributed by atoms with Crippen molar-refractivity contribution in [2.24, 2.45) is 5.10 Å². The summed E-state index contributed by atoms with van der Waals surface area (Å²) in [6.45, 7) is 1.98. The molecule has 1 aliphatic rings. The third kappa shape index (κ3) is 4.77. The molecule has 0 N–H and O–H groups in total. The molecular weight excluding hydrogens is 354 g/mol. The van der Waals surface area contributed by atoms with Crippen LogP contribution >= 0.6 is 0 Å². The van der Waals surface area contributed by atoms with Crippen LogP contribution in [0.15, 0.2) is 65.8 Å². The average molecular weight is 381 g/mol. The molecular formula is C22H27N3O3. The number of benzene rings is 2. The number of ether oxygens (including phenoxy) is 2. The van der Waals surface area contributed by atoms with E-state index in [1.165, 1.54) is 0 Å². The molecule has 0 fully saturated rings. The van der Waals surface area contributed by atoms with E-state index in [0.717, 1.165) is 11.3 Å². The van der Waals surface area contributed by atoms with Crippen molar-refractivity contribution in [3.05, 3.63) is 66.2 Å². The van der Waals surface area contributed by atoms with Crippen molar-refractivity contribution in [3.8, 4) is 0 Å². The van der Waals surface area contributed by atoms with Gasteiger partial charge in [0.05, 0.1) is 24.9 Å². The van der Waals surface area contributed by atoms with Gasteiger partial charge >= 0.3 is 0 Å². The summed E-state index contributed by atoms with van der Waals surface area (Å²) >= 11 is 0. The SMILES string of the molecule is COCCN(CCOC)C(=O)C1=NN(c2ccccc2)[C@@H](c2ccccc2)C1. The second kappa shape index (κ2) is 10.0. The van der Waals surface area contributed by atoms with Gasteiger partial charge in [-0.15, -0.1) is 0 Å². The number of amides is 1. The molecule has 1 amide bonds. The van der Waals surface area contributed by atoms with Gasteiger partial charge in [-0.05, 0) is 17.7 Å². The van der Waals surface area contributed by atoms with Gasteiger partial charge in [0.2, 0.25) is 0 Å². The predicted octanol–water partition coefficient (Wildman–Crippen LogP) is 3.12. The van der Waals surface area contributed by atoms with Gasteiger partial charge in [-0.3, -0.25) is 9.80 Å². The highest BCUT2D eigenvalue weighted by Crippen LogP contribution is 2.35. The summed E-state index contributed by atoms with van der Waals surface area (Å²) < 4.78 is 10.3. The summed E-state index contributed by atoms with van der Waals surface area (Å²) in [5.74, 6) is -0.0616. The number of carbonyl (C=O) groups is 1. The fourth-order valence-corrected chi connectivity index (χ4v) is 3.29. The Morgan fingerprint density at radius 1 is 1.00 bits per heavy atom. The van der Waals surface area contributed by atoms with Crippen LogP contribution < -0.4 is 5.01 Å². The summed E-state index contributed by atoms with van der Waals surface area (Å²) in [7, 11) is 3.27. The summed E-state index contributed by atoms with van der Waals surface area (Å²) in [5.41, 5.74) is 2.67. The minimum Gasteiger partial charge on any atom is -0.383 e. The van der Waals surface area contributed by atoms with Gasteiger partial charge in [0.25, 0.3) is 5.91 Å². The number of hydrazone groups is 1. The number of carbonyl (C=O) groups excluding carboxylic acids is 1. The Balaban J connectivity index is 1.86. The highest BCUT2D eigenvalue weighted by molar-refractivity contribution is 6.39. The number of methoxy groups -OCH3 is 2. The van der Waals surface area contributed by atoms with Crippen molar-refractivity contribution in [2.45, 2.75) is 12.5 Å². The summed E-state index contributed by atoms with van der Waals surface area (Å²) in [5, 5.41) is 6.68. The number of rotatable bonds is 9. The maximum atomic E-state index is 13.2. The Morgan fingerprint density at radius 3 is 2.14 bits per heavy atom. The zero-order valence-electron chi connectivity index (χ0n) is 16.5. The number of para-hydroxylation sites is 1. The number of nitrogens with zero attached hydrogens (tertiary/aromatic N) is 3. The van der Waals surface area contributed by atoms with Crippen molar-refractivity contribution in [1.82, 2.24) is 4.90 Å². The van der Waals surface area contributed by atoms with Gasteiger partial charge < -0.3 is 14.4 Å². The molecule has 1 atom stereocenters.